The molecule has 3 rings (SSSR count). The van der Waals surface area contributed by atoms with Gasteiger partial charge in [-0.3, -0.25) is 13.9 Å². The predicted molar refractivity (Wildman–Crippen MR) is 128 cm³/mol. The fraction of sp³-hybridized carbons (Fsp3) is 0.160. The van der Waals surface area contributed by atoms with Crippen molar-refractivity contribution in [2.75, 3.05) is 16.7 Å². The van der Waals surface area contributed by atoms with Crippen LogP contribution in [-0.4, -0.2) is 39.2 Å². The van der Waals surface area contributed by atoms with Crippen molar-refractivity contribution in [2.45, 2.75) is 24.8 Å². The Bertz CT molecular complexity index is 1320. The molecule has 0 aliphatic heterocycles. The first-order valence-electron chi connectivity index (χ1n) is 10.4. The first kappa shape index (κ1) is 24.7. The van der Waals surface area contributed by atoms with Crippen LogP contribution in [0.4, 0.5) is 11.4 Å². The Labute approximate surface area is 198 Å². The van der Waals surface area contributed by atoms with Gasteiger partial charge >= 0.3 is 5.97 Å². The Morgan fingerprint density at radius 1 is 0.882 bits per heavy atom. The van der Waals surface area contributed by atoms with Crippen molar-refractivity contribution in [3.05, 3.63) is 90.0 Å². The van der Waals surface area contributed by atoms with Crippen LogP contribution in [0.2, 0.25) is 0 Å². The summed E-state index contributed by atoms with van der Waals surface area (Å²) in [5.41, 5.74) is 1.27. The van der Waals surface area contributed by atoms with Crippen LogP contribution in [0.3, 0.4) is 0 Å². The van der Waals surface area contributed by atoms with Crippen LogP contribution in [0.25, 0.3) is 0 Å². The molecule has 1 unspecified atom stereocenters. The number of benzene rings is 3. The molecule has 1 amide bonds. The summed E-state index contributed by atoms with van der Waals surface area (Å²) in [5.74, 6) is -1.59. The number of nitrogens with one attached hydrogen (secondary N) is 1. The Hall–Kier alpha value is -3.98. The maximum atomic E-state index is 13.0. The van der Waals surface area contributed by atoms with E-state index in [0.29, 0.717) is 16.9 Å². The number of carbonyl (C=O) groups excluding carboxylic acids is 3. The van der Waals surface area contributed by atoms with Gasteiger partial charge in [-0.25, -0.2) is 13.2 Å². The highest BCUT2D eigenvalue weighted by Gasteiger charge is 2.24. The van der Waals surface area contributed by atoms with Crippen LogP contribution in [0.1, 0.15) is 34.6 Å². The molecule has 9 heteroatoms. The van der Waals surface area contributed by atoms with Gasteiger partial charge in [-0.05, 0) is 56.3 Å². The molecule has 176 valence electrons. The maximum Gasteiger partial charge on any atom is 0.338 e. The lowest BCUT2D eigenvalue weighted by molar-refractivity contribution is -0.123. The zero-order valence-electron chi connectivity index (χ0n) is 18.9. The summed E-state index contributed by atoms with van der Waals surface area (Å²) in [6.45, 7) is 2.81. The molecule has 1 N–H and O–H groups in total. The molecule has 0 aliphatic carbocycles. The van der Waals surface area contributed by atoms with Gasteiger partial charge in [0, 0.05) is 18.3 Å². The van der Waals surface area contributed by atoms with E-state index in [0.717, 1.165) is 4.31 Å². The number of ether oxygens (including phenoxy) is 1. The third kappa shape index (κ3) is 5.68. The molecule has 0 spiro atoms. The van der Waals surface area contributed by atoms with E-state index >= 15 is 0 Å². The van der Waals surface area contributed by atoms with Gasteiger partial charge in [0.2, 0.25) is 0 Å². The number of ketones is 1. The molecule has 0 aliphatic rings. The van der Waals surface area contributed by atoms with Gasteiger partial charge in [0.25, 0.3) is 15.9 Å². The van der Waals surface area contributed by atoms with Gasteiger partial charge in [-0.15, -0.1) is 0 Å². The van der Waals surface area contributed by atoms with Crippen molar-refractivity contribution in [3.63, 3.8) is 0 Å². The number of amides is 1. The molecule has 0 saturated carbocycles. The summed E-state index contributed by atoms with van der Waals surface area (Å²) < 4.78 is 32.4. The van der Waals surface area contributed by atoms with Crippen molar-refractivity contribution in [1.82, 2.24) is 0 Å². The summed E-state index contributed by atoms with van der Waals surface area (Å²) in [5, 5.41) is 2.59. The molecular formula is C25H24N2O6S. The van der Waals surface area contributed by atoms with Gasteiger partial charge in [0.05, 0.1) is 16.1 Å². The second-order valence-electron chi connectivity index (χ2n) is 7.51. The maximum absolute atomic E-state index is 13.0. The van der Waals surface area contributed by atoms with E-state index in [1.807, 2.05) is 0 Å². The monoisotopic (exact) mass is 480 g/mol. The van der Waals surface area contributed by atoms with Crippen LogP contribution in [0.5, 0.6) is 0 Å². The van der Waals surface area contributed by atoms with Crippen LogP contribution in [0, 0.1) is 0 Å². The first-order valence-corrected chi connectivity index (χ1v) is 11.8. The normalized spacial score (nSPS) is 11.9. The number of esters is 1. The number of carbonyl (C=O) groups is 3. The number of anilines is 2. The fourth-order valence-electron chi connectivity index (χ4n) is 3.06. The number of rotatable bonds is 8. The molecule has 0 aromatic heterocycles. The van der Waals surface area contributed by atoms with E-state index in [1.165, 1.54) is 51.2 Å². The van der Waals surface area contributed by atoms with Crippen LogP contribution in [0.15, 0.2) is 83.8 Å². The average molecular weight is 481 g/mol. The summed E-state index contributed by atoms with van der Waals surface area (Å²) in [7, 11) is -2.51. The Kier molecular flexibility index (Phi) is 7.47. The standard InChI is InChI=1S/C25H24N2O6S/c1-17(28)19-9-7-11-21(15-19)26-24(29)18(2)33-25(30)20-10-8-14-23(16-20)34(31,32)27(3)22-12-5-4-6-13-22/h4-16,18H,1-3H3,(H,26,29). The second-order valence-corrected chi connectivity index (χ2v) is 9.48. The summed E-state index contributed by atoms with van der Waals surface area (Å²) >= 11 is 0. The zero-order valence-corrected chi connectivity index (χ0v) is 19.7. The van der Waals surface area contributed by atoms with E-state index < -0.39 is 28.0 Å². The Balaban J connectivity index is 1.72. The van der Waals surface area contributed by atoms with E-state index in [-0.39, 0.29) is 16.2 Å². The van der Waals surface area contributed by atoms with Gasteiger partial charge < -0.3 is 10.1 Å². The minimum Gasteiger partial charge on any atom is -0.449 e. The summed E-state index contributed by atoms with van der Waals surface area (Å²) in [6, 6.07) is 20.3. The number of hydrogen-bond donors (Lipinski definition) is 1. The highest BCUT2D eigenvalue weighted by atomic mass is 32.2. The number of sulfonamides is 1. The summed E-state index contributed by atoms with van der Waals surface area (Å²) in [4.78, 5) is 36.5. The Morgan fingerprint density at radius 3 is 2.21 bits per heavy atom. The molecule has 3 aromatic rings. The predicted octanol–water partition coefficient (Wildman–Crippen LogP) is 3.90. The molecule has 34 heavy (non-hydrogen) atoms. The average Bonchev–Trinajstić information content (AvgIpc) is 2.84. The van der Waals surface area contributed by atoms with Gasteiger partial charge in [0.1, 0.15) is 0 Å². The molecule has 0 heterocycles. The highest BCUT2D eigenvalue weighted by Crippen LogP contribution is 2.23. The first-order chi connectivity index (χ1) is 16.1. The molecule has 1 atom stereocenters. The van der Waals surface area contributed by atoms with Crippen molar-refractivity contribution in [3.8, 4) is 0 Å². The molecule has 0 radical (unpaired) electrons. The highest BCUT2D eigenvalue weighted by molar-refractivity contribution is 7.92. The molecule has 3 aromatic carbocycles. The van der Waals surface area contributed by atoms with Crippen molar-refractivity contribution in [1.29, 1.82) is 0 Å². The van der Waals surface area contributed by atoms with E-state index in [9.17, 15) is 22.8 Å². The Morgan fingerprint density at radius 2 is 1.53 bits per heavy atom. The molecular weight excluding hydrogens is 456 g/mol. The van der Waals surface area contributed by atoms with E-state index in [4.69, 9.17) is 4.74 Å². The van der Waals surface area contributed by atoms with Crippen molar-refractivity contribution < 1.29 is 27.5 Å². The fourth-order valence-corrected chi connectivity index (χ4v) is 4.30. The number of hydrogen-bond acceptors (Lipinski definition) is 6. The molecule has 0 saturated heterocycles. The third-order valence-corrected chi connectivity index (χ3v) is 6.82. The topological polar surface area (TPSA) is 110 Å². The minimum absolute atomic E-state index is 0.0132. The van der Waals surface area contributed by atoms with Gasteiger partial charge in [-0.2, -0.15) is 0 Å². The minimum atomic E-state index is -3.93. The van der Waals surface area contributed by atoms with Crippen molar-refractivity contribution in [2.24, 2.45) is 0 Å². The second kappa shape index (κ2) is 10.3. The molecule has 0 fully saturated rings. The van der Waals surface area contributed by atoms with E-state index in [1.54, 1.807) is 48.5 Å². The quantitative estimate of drug-likeness (QED) is 0.387. The van der Waals surface area contributed by atoms with E-state index in [2.05, 4.69) is 5.32 Å². The summed E-state index contributed by atoms with van der Waals surface area (Å²) in [6.07, 6.45) is -1.17. The van der Waals surface area contributed by atoms with Crippen LogP contribution in [-0.2, 0) is 19.6 Å². The lowest BCUT2D eigenvalue weighted by atomic mass is 10.1. The van der Waals surface area contributed by atoms with Crippen molar-refractivity contribution >= 4 is 39.1 Å². The zero-order chi connectivity index (χ0) is 24.9. The molecule has 0 bridgehead atoms. The largest absolute Gasteiger partial charge is 0.449 e. The SMILES string of the molecule is CC(=O)c1cccc(NC(=O)C(C)OC(=O)c2cccc(S(=O)(=O)N(C)c3ccccc3)c2)c1. The van der Waals surface area contributed by atoms with Crippen LogP contribution < -0.4 is 9.62 Å². The smallest absolute Gasteiger partial charge is 0.338 e. The number of para-hydroxylation sites is 1. The van der Waals surface area contributed by atoms with Gasteiger partial charge in [0.15, 0.2) is 11.9 Å². The number of Topliss-reactive ketones (excluding diaryl/α,β-unsaturated/α-hetero) is 1. The number of nitrogens with zero attached hydrogens (tertiary/aromatic N) is 1. The van der Waals surface area contributed by atoms with Gasteiger partial charge in [-0.1, -0.05) is 36.4 Å². The van der Waals surface area contributed by atoms with Crippen LogP contribution >= 0.6 is 0 Å². The lowest BCUT2D eigenvalue weighted by Gasteiger charge is -2.20. The third-order valence-electron chi connectivity index (χ3n) is 5.04. The lowest BCUT2D eigenvalue weighted by Crippen LogP contribution is -2.30. The molecule has 8 nitrogen and oxygen atoms in total.